The summed E-state index contributed by atoms with van der Waals surface area (Å²) in [6.45, 7) is 0.117. The highest BCUT2D eigenvalue weighted by molar-refractivity contribution is 5.95. The van der Waals surface area contributed by atoms with E-state index in [0.29, 0.717) is 5.56 Å². The number of benzene rings is 2. The number of amides is 1. The van der Waals surface area contributed by atoms with Gasteiger partial charge < -0.3 is 4.90 Å². The second-order valence-corrected chi connectivity index (χ2v) is 5.62. The lowest BCUT2D eigenvalue weighted by Crippen LogP contribution is -2.38. The van der Waals surface area contributed by atoms with Crippen molar-refractivity contribution in [1.82, 2.24) is 0 Å². The van der Waals surface area contributed by atoms with Crippen LogP contribution in [0.3, 0.4) is 0 Å². The Hall–Kier alpha value is -2.23. The second kappa shape index (κ2) is 6.26. The van der Waals surface area contributed by atoms with Crippen LogP contribution in [0.5, 0.6) is 0 Å². The minimum atomic E-state index is -0.623. The Kier molecular flexibility index (Phi) is 4.18. The lowest BCUT2D eigenvalue weighted by Gasteiger charge is -2.32. The maximum atomic E-state index is 13.9. The summed E-state index contributed by atoms with van der Waals surface area (Å²) in [4.78, 5) is 14.2. The van der Waals surface area contributed by atoms with Gasteiger partial charge >= 0.3 is 0 Å². The van der Waals surface area contributed by atoms with Gasteiger partial charge in [-0.25, -0.2) is 8.78 Å². The van der Waals surface area contributed by atoms with E-state index in [-0.39, 0.29) is 18.4 Å². The fourth-order valence-corrected chi connectivity index (χ4v) is 2.60. The first-order valence-corrected chi connectivity index (χ1v) is 7.45. The minimum Gasteiger partial charge on any atom is -0.308 e. The van der Waals surface area contributed by atoms with Crippen molar-refractivity contribution in [2.45, 2.75) is 25.8 Å². The Balaban J connectivity index is 1.89. The molecule has 1 amide bonds. The molecule has 4 heteroatoms. The number of hydrogen-bond acceptors (Lipinski definition) is 1. The topological polar surface area (TPSA) is 20.3 Å². The van der Waals surface area contributed by atoms with Gasteiger partial charge in [-0.05, 0) is 31.0 Å². The Labute approximate surface area is 128 Å². The summed E-state index contributed by atoms with van der Waals surface area (Å²) in [5.41, 5.74) is 1.06. The van der Waals surface area contributed by atoms with E-state index >= 15 is 0 Å². The van der Waals surface area contributed by atoms with Gasteiger partial charge in [0.15, 0.2) is 0 Å². The van der Waals surface area contributed by atoms with Crippen LogP contribution in [0.4, 0.5) is 14.5 Å². The number of halogens is 2. The molecular formula is C18H17F2NO. The molecule has 1 saturated carbocycles. The number of para-hydroxylation sites is 1. The molecule has 0 saturated heterocycles. The van der Waals surface area contributed by atoms with Crippen LogP contribution in [0.1, 0.15) is 24.8 Å². The van der Waals surface area contributed by atoms with Crippen molar-refractivity contribution in [3.8, 4) is 0 Å². The Bertz CT molecular complexity index is 668. The van der Waals surface area contributed by atoms with Gasteiger partial charge in [0.1, 0.15) is 11.6 Å². The lowest BCUT2D eigenvalue weighted by atomic mass is 9.84. The van der Waals surface area contributed by atoms with Crippen molar-refractivity contribution in [3.63, 3.8) is 0 Å². The smallest absolute Gasteiger partial charge is 0.230 e. The summed E-state index contributed by atoms with van der Waals surface area (Å²) < 4.78 is 26.9. The van der Waals surface area contributed by atoms with Gasteiger partial charge in [0.25, 0.3) is 0 Å². The van der Waals surface area contributed by atoms with E-state index in [9.17, 15) is 13.6 Å². The summed E-state index contributed by atoms with van der Waals surface area (Å²) in [6.07, 6.45) is 2.83. The van der Waals surface area contributed by atoms with Gasteiger partial charge in [0.05, 0.1) is 6.54 Å². The normalized spacial score (nSPS) is 14.5. The Morgan fingerprint density at radius 3 is 2.41 bits per heavy atom. The zero-order chi connectivity index (χ0) is 15.5. The maximum absolute atomic E-state index is 13.9. The third-order valence-corrected chi connectivity index (χ3v) is 4.13. The van der Waals surface area contributed by atoms with Gasteiger partial charge in [-0.15, -0.1) is 0 Å². The van der Waals surface area contributed by atoms with Crippen molar-refractivity contribution >= 4 is 11.6 Å². The number of hydrogen-bond donors (Lipinski definition) is 0. The second-order valence-electron chi connectivity index (χ2n) is 5.62. The fraction of sp³-hybridized carbons (Fsp3) is 0.278. The van der Waals surface area contributed by atoms with Crippen LogP contribution in [0.2, 0.25) is 0 Å². The van der Waals surface area contributed by atoms with Crippen LogP contribution in [0.15, 0.2) is 48.5 Å². The highest BCUT2D eigenvalue weighted by Crippen LogP contribution is 2.31. The highest BCUT2D eigenvalue weighted by Gasteiger charge is 2.30. The lowest BCUT2D eigenvalue weighted by molar-refractivity contribution is -0.124. The van der Waals surface area contributed by atoms with E-state index in [1.54, 1.807) is 4.90 Å². The predicted molar refractivity (Wildman–Crippen MR) is 81.3 cm³/mol. The molecule has 0 spiro atoms. The van der Waals surface area contributed by atoms with Crippen molar-refractivity contribution in [1.29, 1.82) is 0 Å². The van der Waals surface area contributed by atoms with Gasteiger partial charge in [0.2, 0.25) is 5.91 Å². The van der Waals surface area contributed by atoms with E-state index in [0.717, 1.165) is 31.0 Å². The van der Waals surface area contributed by atoms with Crippen LogP contribution >= 0.6 is 0 Å². The molecule has 0 aromatic heterocycles. The van der Waals surface area contributed by atoms with Crippen LogP contribution in [0, 0.1) is 17.6 Å². The van der Waals surface area contributed by atoms with Crippen LogP contribution in [0.25, 0.3) is 0 Å². The summed E-state index contributed by atoms with van der Waals surface area (Å²) in [5, 5.41) is 0. The molecule has 0 unspecified atom stereocenters. The molecule has 114 valence electrons. The zero-order valence-corrected chi connectivity index (χ0v) is 12.1. The van der Waals surface area contributed by atoms with Crippen molar-refractivity contribution in [2.75, 3.05) is 4.90 Å². The van der Waals surface area contributed by atoms with Gasteiger partial charge in [-0.3, -0.25) is 4.79 Å². The van der Waals surface area contributed by atoms with Crippen LogP contribution in [-0.4, -0.2) is 5.91 Å². The van der Waals surface area contributed by atoms with E-state index < -0.39 is 11.6 Å². The monoisotopic (exact) mass is 301 g/mol. The summed E-state index contributed by atoms with van der Waals surface area (Å²) in [5.74, 6) is -1.20. The first-order valence-electron chi connectivity index (χ1n) is 7.45. The molecule has 0 bridgehead atoms. The number of carbonyl (C=O) groups is 1. The fourth-order valence-electron chi connectivity index (χ4n) is 2.60. The zero-order valence-electron chi connectivity index (χ0n) is 12.1. The molecule has 0 N–H and O–H groups in total. The summed E-state index contributed by atoms with van der Waals surface area (Å²) >= 11 is 0. The first kappa shape index (κ1) is 14.7. The third kappa shape index (κ3) is 3.01. The van der Waals surface area contributed by atoms with E-state index in [1.165, 1.54) is 12.1 Å². The van der Waals surface area contributed by atoms with E-state index in [4.69, 9.17) is 0 Å². The standard InChI is InChI=1S/C18H17F2NO/c19-15-10-9-14(17(20)11-15)12-21(16-7-2-1-3-8-16)18(22)13-5-4-6-13/h1-3,7-11,13H,4-6,12H2. The quantitative estimate of drug-likeness (QED) is 0.824. The maximum Gasteiger partial charge on any atom is 0.230 e. The predicted octanol–water partition coefficient (Wildman–Crippen LogP) is 4.30. The SMILES string of the molecule is O=C(C1CCC1)N(Cc1ccc(F)cc1F)c1ccccc1. The first-order chi connectivity index (χ1) is 10.6. The molecule has 0 radical (unpaired) electrons. The average Bonchev–Trinajstić information content (AvgIpc) is 2.45. The van der Waals surface area contributed by atoms with E-state index in [1.807, 2.05) is 30.3 Å². The van der Waals surface area contributed by atoms with Crippen molar-refractivity contribution in [2.24, 2.45) is 5.92 Å². The minimum absolute atomic E-state index is 0.0150. The van der Waals surface area contributed by atoms with Crippen molar-refractivity contribution in [3.05, 3.63) is 65.7 Å². The van der Waals surface area contributed by atoms with Crippen LogP contribution < -0.4 is 4.90 Å². The van der Waals surface area contributed by atoms with Gasteiger partial charge in [-0.2, -0.15) is 0 Å². The highest BCUT2D eigenvalue weighted by atomic mass is 19.1. The number of carbonyl (C=O) groups excluding carboxylic acids is 1. The molecule has 1 aliphatic carbocycles. The molecule has 1 fully saturated rings. The van der Waals surface area contributed by atoms with Gasteiger partial charge in [0, 0.05) is 23.2 Å². The Morgan fingerprint density at radius 2 is 1.82 bits per heavy atom. The molecule has 0 atom stereocenters. The largest absolute Gasteiger partial charge is 0.308 e. The van der Waals surface area contributed by atoms with Gasteiger partial charge in [-0.1, -0.05) is 30.7 Å². The van der Waals surface area contributed by atoms with Crippen LogP contribution in [-0.2, 0) is 11.3 Å². The molecule has 22 heavy (non-hydrogen) atoms. The summed E-state index contributed by atoms with van der Waals surface area (Å²) in [6, 6.07) is 12.7. The van der Waals surface area contributed by atoms with E-state index in [2.05, 4.69) is 0 Å². The molecule has 0 heterocycles. The summed E-state index contributed by atoms with van der Waals surface area (Å²) in [7, 11) is 0. The molecule has 2 aromatic rings. The molecule has 1 aliphatic rings. The number of rotatable bonds is 4. The number of anilines is 1. The molecular weight excluding hydrogens is 284 g/mol. The average molecular weight is 301 g/mol. The molecule has 0 aliphatic heterocycles. The molecule has 2 nitrogen and oxygen atoms in total. The number of nitrogens with zero attached hydrogens (tertiary/aromatic N) is 1. The third-order valence-electron chi connectivity index (χ3n) is 4.13. The Morgan fingerprint density at radius 1 is 1.09 bits per heavy atom. The van der Waals surface area contributed by atoms with Crippen molar-refractivity contribution < 1.29 is 13.6 Å². The molecule has 3 rings (SSSR count). The molecule has 2 aromatic carbocycles.